The molecule has 2 atom stereocenters. The molecule has 7 heteroatoms. The van der Waals surface area contributed by atoms with Gasteiger partial charge in [0.15, 0.2) is 5.17 Å². The maximum absolute atomic E-state index is 12.7. The highest BCUT2D eigenvalue weighted by Gasteiger charge is 2.31. The van der Waals surface area contributed by atoms with E-state index in [-0.39, 0.29) is 6.04 Å². The highest BCUT2D eigenvalue weighted by atomic mass is 79.9. The molecule has 0 saturated carbocycles. The summed E-state index contributed by atoms with van der Waals surface area (Å²) in [4.78, 5) is 4.43. The van der Waals surface area contributed by atoms with Crippen LogP contribution in [0.1, 0.15) is 25.8 Å². The molecule has 20 heavy (non-hydrogen) atoms. The zero-order valence-corrected chi connectivity index (χ0v) is 13.4. The first-order chi connectivity index (χ1) is 9.25. The lowest BCUT2D eigenvalue weighted by atomic mass is 10.2. The predicted octanol–water partition coefficient (Wildman–Crippen LogP) is 5.15. The van der Waals surface area contributed by atoms with Gasteiger partial charge in [0.25, 0.3) is 0 Å². The molecule has 110 valence electrons. The quantitative estimate of drug-likeness (QED) is 0.743. The number of thioether (sulfide) groups is 1. The number of nitrogens with zero attached hydrogens (tertiary/aromatic N) is 1. The number of hydrogen-bond acceptors (Lipinski definition) is 3. The van der Waals surface area contributed by atoms with Gasteiger partial charge in [-0.25, -0.2) is 0 Å². The highest BCUT2D eigenvalue weighted by molar-refractivity contribution is 9.10. The number of rotatable bonds is 1. The Labute approximate surface area is 128 Å². The summed E-state index contributed by atoms with van der Waals surface area (Å²) in [6.45, 7) is 4.08. The van der Waals surface area contributed by atoms with E-state index < -0.39 is 11.7 Å². The lowest BCUT2D eigenvalue weighted by molar-refractivity contribution is -0.137. The molecule has 2 rings (SSSR count). The topological polar surface area (TPSA) is 24.4 Å². The highest BCUT2D eigenvalue weighted by Crippen LogP contribution is 2.35. The van der Waals surface area contributed by atoms with Crippen LogP contribution in [0.3, 0.4) is 0 Å². The van der Waals surface area contributed by atoms with Gasteiger partial charge in [-0.15, -0.1) is 0 Å². The van der Waals surface area contributed by atoms with Crippen molar-refractivity contribution in [2.45, 2.75) is 37.7 Å². The van der Waals surface area contributed by atoms with E-state index in [1.165, 1.54) is 6.07 Å². The predicted molar refractivity (Wildman–Crippen MR) is 81.3 cm³/mol. The Bertz CT molecular complexity index is 531. The van der Waals surface area contributed by atoms with Crippen LogP contribution in [0.2, 0.25) is 0 Å². The minimum Gasteiger partial charge on any atom is -0.334 e. The maximum atomic E-state index is 12.7. The first kappa shape index (κ1) is 15.7. The van der Waals surface area contributed by atoms with Gasteiger partial charge in [0.05, 0.1) is 17.3 Å². The van der Waals surface area contributed by atoms with Crippen LogP contribution in [0.25, 0.3) is 0 Å². The molecule has 0 spiro atoms. The van der Waals surface area contributed by atoms with E-state index in [4.69, 9.17) is 0 Å². The standard InChI is InChI=1S/C13H14BrF3N2S/c1-7-5-8(2)20-12(18-7)19-11-6-9(13(15,16)17)3-4-10(11)14/h3-4,6-8H,5H2,1-2H3,(H,18,19). The molecule has 0 aromatic heterocycles. The van der Waals surface area contributed by atoms with Gasteiger partial charge in [-0.05, 0) is 47.5 Å². The largest absolute Gasteiger partial charge is 0.416 e. The average Bonchev–Trinajstić information content (AvgIpc) is 2.29. The lowest BCUT2D eigenvalue weighted by Gasteiger charge is -2.23. The van der Waals surface area contributed by atoms with Crippen molar-refractivity contribution in [2.24, 2.45) is 4.99 Å². The van der Waals surface area contributed by atoms with Gasteiger partial charge in [-0.2, -0.15) is 13.2 Å². The molecular formula is C13H14BrF3N2S. The molecule has 0 amide bonds. The Morgan fingerprint density at radius 3 is 2.65 bits per heavy atom. The smallest absolute Gasteiger partial charge is 0.334 e. The van der Waals surface area contributed by atoms with Crippen LogP contribution in [0.4, 0.5) is 18.9 Å². The van der Waals surface area contributed by atoms with E-state index >= 15 is 0 Å². The van der Waals surface area contributed by atoms with Crippen LogP contribution >= 0.6 is 27.7 Å². The van der Waals surface area contributed by atoms with Crippen LogP contribution in [0.15, 0.2) is 27.7 Å². The van der Waals surface area contributed by atoms with Gasteiger partial charge in [0.1, 0.15) is 0 Å². The third-order valence-electron chi connectivity index (χ3n) is 2.86. The molecule has 0 aliphatic carbocycles. The van der Waals surface area contributed by atoms with Crippen LogP contribution in [-0.2, 0) is 6.18 Å². The summed E-state index contributed by atoms with van der Waals surface area (Å²) in [5.41, 5.74) is -0.293. The first-order valence-corrected chi connectivity index (χ1v) is 7.81. The Kier molecular flexibility index (Phi) is 4.69. The van der Waals surface area contributed by atoms with Gasteiger partial charge in [-0.3, -0.25) is 4.99 Å². The monoisotopic (exact) mass is 366 g/mol. The summed E-state index contributed by atoms with van der Waals surface area (Å²) < 4.78 is 38.8. The SMILES string of the molecule is CC1CC(C)SC(Nc2cc(C(F)(F)F)ccc2Br)=N1. The van der Waals surface area contributed by atoms with Crippen molar-refractivity contribution in [3.63, 3.8) is 0 Å². The number of anilines is 1. The van der Waals surface area contributed by atoms with Crippen LogP contribution < -0.4 is 5.32 Å². The van der Waals surface area contributed by atoms with Crippen LogP contribution in [0.5, 0.6) is 0 Å². The van der Waals surface area contributed by atoms with Crippen molar-refractivity contribution < 1.29 is 13.2 Å². The number of amidine groups is 1. The molecule has 2 unspecified atom stereocenters. The van der Waals surface area contributed by atoms with E-state index in [1.807, 2.05) is 6.92 Å². The van der Waals surface area contributed by atoms with Crippen LogP contribution in [0, 0.1) is 0 Å². The zero-order chi connectivity index (χ0) is 14.9. The summed E-state index contributed by atoms with van der Waals surface area (Å²) in [6.07, 6.45) is -3.38. The molecule has 0 bridgehead atoms. The van der Waals surface area contributed by atoms with E-state index in [0.717, 1.165) is 18.6 Å². The second-order valence-corrected chi connectivity index (χ2v) is 7.05. The third kappa shape index (κ3) is 3.91. The van der Waals surface area contributed by atoms with Gasteiger partial charge >= 0.3 is 6.18 Å². The zero-order valence-electron chi connectivity index (χ0n) is 11.0. The van der Waals surface area contributed by atoms with E-state index in [1.54, 1.807) is 11.8 Å². The fraction of sp³-hybridized carbons (Fsp3) is 0.462. The summed E-state index contributed by atoms with van der Waals surface area (Å²) in [5, 5.41) is 4.05. The summed E-state index contributed by atoms with van der Waals surface area (Å²) >= 11 is 4.80. The lowest BCUT2D eigenvalue weighted by Crippen LogP contribution is -2.23. The Balaban J connectivity index is 2.25. The molecule has 1 N–H and O–H groups in total. The molecule has 1 aliphatic heterocycles. The van der Waals surface area contributed by atoms with E-state index in [9.17, 15) is 13.2 Å². The Morgan fingerprint density at radius 2 is 2.05 bits per heavy atom. The molecule has 1 aromatic rings. The molecule has 0 radical (unpaired) electrons. The molecular weight excluding hydrogens is 353 g/mol. The number of aliphatic imine (C=N–C) groups is 1. The fourth-order valence-corrected chi connectivity index (χ4v) is 3.49. The Hall–Kier alpha value is -0.690. The van der Waals surface area contributed by atoms with Gasteiger partial charge < -0.3 is 5.32 Å². The van der Waals surface area contributed by atoms with Crippen molar-refractivity contribution in [3.8, 4) is 0 Å². The maximum Gasteiger partial charge on any atom is 0.416 e. The molecule has 0 saturated heterocycles. The van der Waals surface area contributed by atoms with Crippen molar-refractivity contribution in [2.75, 3.05) is 5.32 Å². The molecule has 1 heterocycles. The van der Waals surface area contributed by atoms with Gasteiger partial charge in [0, 0.05) is 9.72 Å². The summed E-state index contributed by atoms with van der Waals surface area (Å²) in [7, 11) is 0. The molecule has 2 nitrogen and oxygen atoms in total. The fourth-order valence-electron chi connectivity index (χ4n) is 1.98. The Morgan fingerprint density at radius 1 is 1.35 bits per heavy atom. The van der Waals surface area contributed by atoms with Gasteiger partial charge in [0.2, 0.25) is 0 Å². The number of halogens is 4. The van der Waals surface area contributed by atoms with Crippen LogP contribution in [-0.4, -0.2) is 16.5 Å². The number of nitrogens with one attached hydrogen (secondary N) is 1. The summed E-state index contributed by atoms with van der Waals surface area (Å²) in [6, 6.07) is 3.72. The first-order valence-electron chi connectivity index (χ1n) is 6.14. The third-order valence-corrected chi connectivity index (χ3v) is 4.58. The van der Waals surface area contributed by atoms with Crippen molar-refractivity contribution >= 4 is 38.5 Å². The second-order valence-electron chi connectivity index (χ2n) is 4.76. The molecule has 1 aliphatic rings. The van der Waals surface area contributed by atoms with Crippen molar-refractivity contribution in [3.05, 3.63) is 28.2 Å². The van der Waals surface area contributed by atoms with E-state index in [2.05, 4.69) is 33.2 Å². The minimum absolute atomic E-state index is 0.179. The normalized spacial score (nSPS) is 23.4. The number of hydrogen-bond donors (Lipinski definition) is 1. The number of alkyl halides is 3. The van der Waals surface area contributed by atoms with E-state index in [0.29, 0.717) is 20.6 Å². The van der Waals surface area contributed by atoms with Crippen molar-refractivity contribution in [1.82, 2.24) is 0 Å². The minimum atomic E-state index is -4.35. The van der Waals surface area contributed by atoms with Gasteiger partial charge in [-0.1, -0.05) is 18.7 Å². The number of benzene rings is 1. The second kappa shape index (κ2) is 5.97. The average molecular weight is 367 g/mol. The molecule has 1 aromatic carbocycles. The molecule has 0 fully saturated rings. The van der Waals surface area contributed by atoms with Crippen molar-refractivity contribution in [1.29, 1.82) is 0 Å². The summed E-state index contributed by atoms with van der Waals surface area (Å²) in [5.74, 6) is 0.